The van der Waals surface area contributed by atoms with Crippen molar-refractivity contribution in [3.05, 3.63) is 54.6 Å². The minimum atomic E-state index is -0.124. The molecule has 25 heavy (non-hydrogen) atoms. The average molecular weight is 335 g/mol. The summed E-state index contributed by atoms with van der Waals surface area (Å²) in [5.74, 6) is 0.782. The Morgan fingerprint density at radius 1 is 0.880 bits per heavy atom. The molecule has 8 heteroatoms. The topological polar surface area (TPSA) is 118 Å². The summed E-state index contributed by atoms with van der Waals surface area (Å²) in [5, 5.41) is 16.7. The molecule has 0 saturated heterocycles. The van der Waals surface area contributed by atoms with Gasteiger partial charge in [-0.1, -0.05) is 18.2 Å². The smallest absolute Gasteiger partial charge is 0.249 e. The molecule has 1 aromatic heterocycles. The first-order valence-electron chi connectivity index (χ1n) is 7.57. The van der Waals surface area contributed by atoms with Gasteiger partial charge in [0.2, 0.25) is 11.9 Å². The predicted molar refractivity (Wildman–Crippen MR) is 98.0 cm³/mol. The number of hydrogen-bond donors (Lipinski definition) is 4. The van der Waals surface area contributed by atoms with Gasteiger partial charge in [0.05, 0.1) is 0 Å². The highest BCUT2D eigenvalue weighted by Gasteiger charge is 2.07. The van der Waals surface area contributed by atoms with E-state index < -0.39 is 0 Å². The van der Waals surface area contributed by atoms with Crippen molar-refractivity contribution in [2.45, 2.75) is 6.92 Å². The highest BCUT2D eigenvalue weighted by atomic mass is 16.1. The Kier molecular flexibility index (Phi) is 4.70. The second kappa shape index (κ2) is 7.26. The van der Waals surface area contributed by atoms with Crippen LogP contribution in [0, 0.1) is 0 Å². The molecular weight excluding hydrogens is 318 g/mol. The molecule has 0 fully saturated rings. The SMILES string of the molecule is CC(=O)Nc1ccc(Nc2nc(Nc3ccccc3)nnc2N)cc1. The van der Waals surface area contributed by atoms with Crippen LogP contribution in [0.15, 0.2) is 54.6 Å². The lowest BCUT2D eigenvalue weighted by molar-refractivity contribution is -0.114. The minimum Gasteiger partial charge on any atom is -0.379 e. The second-order valence-electron chi connectivity index (χ2n) is 5.24. The minimum absolute atomic E-state index is 0.124. The summed E-state index contributed by atoms with van der Waals surface area (Å²) in [6.07, 6.45) is 0. The van der Waals surface area contributed by atoms with E-state index in [9.17, 15) is 4.79 Å². The van der Waals surface area contributed by atoms with Crippen molar-refractivity contribution < 1.29 is 4.79 Å². The average Bonchev–Trinajstić information content (AvgIpc) is 2.60. The molecule has 0 atom stereocenters. The number of benzene rings is 2. The highest BCUT2D eigenvalue weighted by Crippen LogP contribution is 2.22. The number of nitrogen functional groups attached to an aromatic ring is 1. The van der Waals surface area contributed by atoms with Gasteiger partial charge in [0.25, 0.3) is 0 Å². The maximum Gasteiger partial charge on any atom is 0.249 e. The molecule has 3 aromatic rings. The molecule has 0 unspecified atom stereocenters. The van der Waals surface area contributed by atoms with E-state index in [1.54, 1.807) is 24.3 Å². The van der Waals surface area contributed by atoms with Crippen molar-refractivity contribution in [3.63, 3.8) is 0 Å². The number of amides is 1. The first kappa shape index (κ1) is 16.2. The number of rotatable bonds is 5. The normalized spacial score (nSPS) is 10.1. The van der Waals surface area contributed by atoms with E-state index in [-0.39, 0.29) is 11.7 Å². The fourth-order valence-electron chi connectivity index (χ4n) is 2.11. The molecule has 1 heterocycles. The van der Waals surface area contributed by atoms with Gasteiger partial charge in [-0.05, 0) is 36.4 Å². The Bertz CT molecular complexity index is 866. The zero-order valence-corrected chi connectivity index (χ0v) is 13.5. The van der Waals surface area contributed by atoms with Gasteiger partial charge in [0.1, 0.15) is 0 Å². The zero-order chi connectivity index (χ0) is 17.6. The second-order valence-corrected chi connectivity index (χ2v) is 5.24. The number of nitrogens with two attached hydrogens (primary N) is 1. The van der Waals surface area contributed by atoms with E-state index in [0.717, 1.165) is 11.4 Å². The summed E-state index contributed by atoms with van der Waals surface area (Å²) in [7, 11) is 0. The number of para-hydroxylation sites is 1. The monoisotopic (exact) mass is 335 g/mol. The van der Waals surface area contributed by atoms with E-state index in [0.29, 0.717) is 17.5 Å². The van der Waals surface area contributed by atoms with Gasteiger partial charge < -0.3 is 21.7 Å². The summed E-state index contributed by atoms with van der Waals surface area (Å²) >= 11 is 0. The standard InChI is InChI=1S/C17H17N7O/c1-11(25)19-13-7-9-14(10-8-13)20-16-15(18)23-24-17(22-16)21-12-5-3-2-4-6-12/h2-10H,1H3,(H2,18,23)(H,19,25)(H2,20,21,22,24). The molecule has 0 aliphatic heterocycles. The van der Waals surface area contributed by atoms with E-state index in [2.05, 4.69) is 31.1 Å². The fourth-order valence-corrected chi connectivity index (χ4v) is 2.11. The predicted octanol–water partition coefficient (Wildman–Crippen LogP) is 2.90. The van der Waals surface area contributed by atoms with Crippen molar-refractivity contribution in [1.29, 1.82) is 0 Å². The van der Waals surface area contributed by atoms with Gasteiger partial charge >= 0.3 is 0 Å². The number of hydrogen-bond acceptors (Lipinski definition) is 7. The fraction of sp³-hybridized carbons (Fsp3) is 0.0588. The van der Waals surface area contributed by atoms with Gasteiger partial charge in [0, 0.05) is 24.0 Å². The third-order valence-electron chi connectivity index (χ3n) is 3.21. The van der Waals surface area contributed by atoms with Crippen molar-refractivity contribution in [1.82, 2.24) is 15.2 Å². The van der Waals surface area contributed by atoms with Gasteiger partial charge in [-0.15, -0.1) is 10.2 Å². The molecule has 1 amide bonds. The number of nitrogens with zero attached hydrogens (tertiary/aromatic N) is 3. The van der Waals surface area contributed by atoms with Crippen molar-refractivity contribution in [2.24, 2.45) is 0 Å². The van der Waals surface area contributed by atoms with Crippen LogP contribution < -0.4 is 21.7 Å². The van der Waals surface area contributed by atoms with E-state index in [1.165, 1.54) is 6.92 Å². The quantitative estimate of drug-likeness (QED) is 0.566. The Morgan fingerprint density at radius 2 is 1.52 bits per heavy atom. The van der Waals surface area contributed by atoms with Gasteiger partial charge in [0.15, 0.2) is 11.6 Å². The van der Waals surface area contributed by atoms with Gasteiger partial charge in [-0.2, -0.15) is 4.98 Å². The number of carbonyl (C=O) groups excluding carboxylic acids is 1. The molecule has 0 bridgehead atoms. The number of anilines is 6. The summed E-state index contributed by atoms with van der Waals surface area (Å²) in [6, 6.07) is 16.7. The van der Waals surface area contributed by atoms with Crippen LogP contribution in [-0.2, 0) is 4.79 Å². The molecule has 0 spiro atoms. The molecule has 0 radical (unpaired) electrons. The van der Waals surface area contributed by atoms with Crippen molar-refractivity contribution >= 4 is 40.6 Å². The Morgan fingerprint density at radius 3 is 2.20 bits per heavy atom. The zero-order valence-electron chi connectivity index (χ0n) is 13.5. The highest BCUT2D eigenvalue weighted by molar-refractivity contribution is 5.88. The first-order valence-corrected chi connectivity index (χ1v) is 7.57. The lowest BCUT2D eigenvalue weighted by atomic mass is 10.2. The van der Waals surface area contributed by atoms with Crippen LogP contribution in [0.5, 0.6) is 0 Å². The Hall–Kier alpha value is -3.68. The summed E-state index contributed by atoms with van der Waals surface area (Å²) in [4.78, 5) is 15.4. The third-order valence-corrected chi connectivity index (χ3v) is 3.21. The summed E-state index contributed by atoms with van der Waals surface area (Å²) < 4.78 is 0. The number of carbonyl (C=O) groups is 1. The first-order chi connectivity index (χ1) is 12.1. The molecule has 3 rings (SSSR count). The van der Waals surface area contributed by atoms with Gasteiger partial charge in [-0.3, -0.25) is 4.79 Å². The molecule has 126 valence electrons. The van der Waals surface area contributed by atoms with Crippen molar-refractivity contribution in [2.75, 3.05) is 21.7 Å². The number of nitrogens with one attached hydrogen (secondary N) is 3. The van der Waals surface area contributed by atoms with Crippen LogP contribution in [0.1, 0.15) is 6.92 Å². The molecule has 0 aliphatic carbocycles. The molecular formula is C17H17N7O. The van der Waals surface area contributed by atoms with Crippen LogP contribution >= 0.6 is 0 Å². The Labute approximate surface area is 144 Å². The summed E-state index contributed by atoms with van der Waals surface area (Å²) in [6.45, 7) is 1.46. The van der Waals surface area contributed by atoms with E-state index in [4.69, 9.17) is 5.73 Å². The Balaban J connectivity index is 1.75. The van der Waals surface area contributed by atoms with E-state index in [1.807, 2.05) is 30.3 Å². The van der Waals surface area contributed by atoms with Crippen LogP contribution in [-0.4, -0.2) is 21.1 Å². The molecule has 0 aliphatic rings. The largest absolute Gasteiger partial charge is 0.379 e. The van der Waals surface area contributed by atoms with Crippen LogP contribution in [0.25, 0.3) is 0 Å². The van der Waals surface area contributed by atoms with Crippen molar-refractivity contribution in [3.8, 4) is 0 Å². The number of aromatic nitrogens is 3. The lowest BCUT2D eigenvalue weighted by Crippen LogP contribution is -2.07. The molecule has 5 N–H and O–H groups in total. The molecule has 0 saturated carbocycles. The summed E-state index contributed by atoms with van der Waals surface area (Å²) in [5.41, 5.74) is 8.15. The van der Waals surface area contributed by atoms with Crippen LogP contribution in [0.3, 0.4) is 0 Å². The lowest BCUT2D eigenvalue weighted by Gasteiger charge is -2.10. The van der Waals surface area contributed by atoms with E-state index >= 15 is 0 Å². The third kappa shape index (κ3) is 4.41. The molecule has 2 aromatic carbocycles. The van der Waals surface area contributed by atoms with Gasteiger partial charge in [-0.25, -0.2) is 0 Å². The maximum absolute atomic E-state index is 11.0. The molecule has 8 nitrogen and oxygen atoms in total. The maximum atomic E-state index is 11.0. The van der Waals surface area contributed by atoms with Crippen LogP contribution in [0.2, 0.25) is 0 Å². The van der Waals surface area contributed by atoms with Crippen LogP contribution in [0.4, 0.5) is 34.6 Å².